The third-order valence-electron chi connectivity index (χ3n) is 5.04. The fraction of sp³-hybridized carbons (Fsp3) is 0.350. The van der Waals surface area contributed by atoms with Crippen molar-refractivity contribution in [3.05, 3.63) is 63.1 Å². The number of para-hydroxylation sites is 1. The van der Waals surface area contributed by atoms with Gasteiger partial charge in [0, 0.05) is 37.6 Å². The van der Waals surface area contributed by atoms with Gasteiger partial charge in [-0.2, -0.15) is 5.26 Å². The van der Waals surface area contributed by atoms with Crippen LogP contribution in [0, 0.1) is 25.2 Å². The van der Waals surface area contributed by atoms with E-state index in [0.717, 1.165) is 13.1 Å². The number of benzene rings is 1. The zero-order valence-corrected chi connectivity index (χ0v) is 15.2. The fourth-order valence-electron chi connectivity index (χ4n) is 3.53. The Morgan fingerprint density at radius 3 is 2.65 bits per heavy atom. The number of hydrogen-bond acceptors (Lipinski definition) is 4. The number of nitrogens with zero attached hydrogens (tertiary/aromatic N) is 3. The molecule has 6 nitrogen and oxygen atoms in total. The lowest BCUT2D eigenvalue weighted by Crippen LogP contribution is -2.54. The van der Waals surface area contributed by atoms with Gasteiger partial charge in [-0.1, -0.05) is 18.2 Å². The number of carbonyl (C=O) groups excluding carboxylic acids is 1. The summed E-state index contributed by atoms with van der Waals surface area (Å²) in [6, 6.07) is 10.1. The first-order valence-electron chi connectivity index (χ1n) is 8.68. The normalized spacial score (nSPS) is 17.1. The largest absolute Gasteiger partial charge is 0.367 e. The summed E-state index contributed by atoms with van der Waals surface area (Å²) in [5.74, 6) is -0.146. The zero-order valence-electron chi connectivity index (χ0n) is 15.2. The van der Waals surface area contributed by atoms with Gasteiger partial charge in [0.15, 0.2) is 0 Å². The van der Waals surface area contributed by atoms with Crippen LogP contribution >= 0.6 is 0 Å². The molecule has 1 aromatic heterocycles. The summed E-state index contributed by atoms with van der Waals surface area (Å²) in [6.07, 6.45) is 1.42. The van der Waals surface area contributed by atoms with Gasteiger partial charge in [-0.25, -0.2) is 0 Å². The topological polar surface area (TPSA) is 80.2 Å². The molecule has 0 aliphatic carbocycles. The average Bonchev–Trinajstić information content (AvgIpc) is 2.62. The number of H-pyrrole nitrogens is 1. The van der Waals surface area contributed by atoms with Gasteiger partial charge in [0.25, 0.3) is 11.5 Å². The first-order chi connectivity index (χ1) is 12.4. The van der Waals surface area contributed by atoms with Gasteiger partial charge < -0.3 is 14.8 Å². The lowest BCUT2D eigenvalue weighted by Gasteiger charge is -2.41. The van der Waals surface area contributed by atoms with Crippen LogP contribution in [-0.2, 0) is 0 Å². The van der Waals surface area contributed by atoms with Crippen molar-refractivity contribution in [2.24, 2.45) is 0 Å². The van der Waals surface area contributed by atoms with Crippen LogP contribution in [-0.4, -0.2) is 41.5 Å². The molecule has 26 heavy (non-hydrogen) atoms. The third kappa shape index (κ3) is 3.08. The second-order valence-electron chi connectivity index (χ2n) is 6.72. The molecule has 6 heteroatoms. The molecule has 0 bridgehead atoms. The Labute approximate surface area is 152 Å². The third-order valence-corrected chi connectivity index (χ3v) is 5.04. The standard InChI is InChI=1S/C20H22N4O2/c1-13-6-4-5-7-18(13)23-8-9-24(14(2)12-23)20(26)17-11-22-19(25)16(10-21)15(17)3/h4-7,11,14H,8-9,12H2,1-3H3,(H,22,25)/t14-/m0/s1. The number of aromatic nitrogens is 1. The van der Waals surface area contributed by atoms with E-state index < -0.39 is 5.56 Å². The van der Waals surface area contributed by atoms with E-state index >= 15 is 0 Å². The van der Waals surface area contributed by atoms with Crippen LogP contribution < -0.4 is 10.5 Å². The lowest BCUT2D eigenvalue weighted by atomic mass is 10.0. The van der Waals surface area contributed by atoms with E-state index in [2.05, 4.69) is 28.9 Å². The number of aryl methyl sites for hydroxylation is 1. The van der Waals surface area contributed by atoms with Crippen LogP contribution in [0.15, 0.2) is 35.3 Å². The molecule has 0 saturated carbocycles. The molecule has 3 rings (SSSR count). The molecule has 1 aliphatic heterocycles. The number of pyridine rings is 1. The predicted octanol–water partition coefficient (Wildman–Crippen LogP) is 2.21. The van der Waals surface area contributed by atoms with E-state index in [4.69, 9.17) is 5.26 Å². The number of aromatic amines is 1. The number of amides is 1. The van der Waals surface area contributed by atoms with Gasteiger partial charge in [-0.05, 0) is 38.0 Å². The Bertz CT molecular complexity index is 942. The Morgan fingerprint density at radius 1 is 1.27 bits per heavy atom. The number of nitriles is 1. The summed E-state index contributed by atoms with van der Waals surface area (Å²) < 4.78 is 0. The van der Waals surface area contributed by atoms with E-state index in [-0.39, 0.29) is 17.5 Å². The van der Waals surface area contributed by atoms with Gasteiger partial charge in [0.05, 0.1) is 5.56 Å². The van der Waals surface area contributed by atoms with Crippen molar-refractivity contribution in [3.8, 4) is 6.07 Å². The predicted molar refractivity (Wildman–Crippen MR) is 100 cm³/mol. The molecule has 1 aromatic carbocycles. The highest BCUT2D eigenvalue weighted by molar-refractivity contribution is 5.96. The molecular formula is C20H22N4O2. The van der Waals surface area contributed by atoms with Gasteiger partial charge >= 0.3 is 0 Å². The SMILES string of the molecule is Cc1ccccc1N1CCN(C(=O)c2c[nH]c(=O)c(C#N)c2C)[C@@H](C)C1. The first kappa shape index (κ1) is 17.7. The average molecular weight is 350 g/mol. The van der Waals surface area contributed by atoms with Gasteiger partial charge in [0.1, 0.15) is 11.6 Å². The quantitative estimate of drug-likeness (QED) is 0.900. The second-order valence-corrected chi connectivity index (χ2v) is 6.72. The smallest absolute Gasteiger partial charge is 0.266 e. The minimum absolute atomic E-state index is 0.00190. The summed E-state index contributed by atoms with van der Waals surface area (Å²) >= 11 is 0. The molecule has 1 aliphatic rings. The highest BCUT2D eigenvalue weighted by Gasteiger charge is 2.30. The van der Waals surface area contributed by atoms with Crippen LogP contribution in [0.4, 0.5) is 5.69 Å². The van der Waals surface area contributed by atoms with Crippen molar-refractivity contribution in [3.63, 3.8) is 0 Å². The number of anilines is 1. The monoisotopic (exact) mass is 350 g/mol. The number of nitrogens with one attached hydrogen (secondary N) is 1. The molecular weight excluding hydrogens is 328 g/mol. The Hall–Kier alpha value is -3.07. The van der Waals surface area contributed by atoms with Crippen molar-refractivity contribution in [2.75, 3.05) is 24.5 Å². The summed E-state index contributed by atoms with van der Waals surface area (Å²) in [5.41, 5.74) is 2.78. The minimum Gasteiger partial charge on any atom is -0.367 e. The molecule has 1 fully saturated rings. The second kappa shape index (κ2) is 7.04. The van der Waals surface area contributed by atoms with Crippen LogP contribution in [0.1, 0.15) is 34.0 Å². The molecule has 2 aromatic rings. The number of carbonyl (C=O) groups is 1. The maximum absolute atomic E-state index is 13.0. The molecule has 134 valence electrons. The molecule has 2 heterocycles. The Kier molecular flexibility index (Phi) is 4.81. The molecule has 1 amide bonds. The molecule has 1 N–H and O–H groups in total. The number of hydrogen-bond donors (Lipinski definition) is 1. The van der Waals surface area contributed by atoms with E-state index in [1.807, 2.05) is 30.0 Å². The molecule has 0 spiro atoms. The molecule has 0 radical (unpaired) electrons. The summed E-state index contributed by atoms with van der Waals surface area (Å²) in [5, 5.41) is 9.15. The van der Waals surface area contributed by atoms with E-state index in [1.54, 1.807) is 6.92 Å². The van der Waals surface area contributed by atoms with Gasteiger partial charge in [-0.3, -0.25) is 9.59 Å². The van der Waals surface area contributed by atoms with Gasteiger partial charge in [-0.15, -0.1) is 0 Å². The Balaban J connectivity index is 1.82. The van der Waals surface area contributed by atoms with Crippen molar-refractivity contribution in [1.82, 2.24) is 9.88 Å². The summed E-state index contributed by atoms with van der Waals surface area (Å²) in [7, 11) is 0. The maximum Gasteiger partial charge on any atom is 0.266 e. The van der Waals surface area contributed by atoms with Crippen molar-refractivity contribution < 1.29 is 4.79 Å². The number of piperazine rings is 1. The molecule has 1 saturated heterocycles. The first-order valence-corrected chi connectivity index (χ1v) is 8.68. The molecule has 1 atom stereocenters. The van der Waals surface area contributed by atoms with E-state index in [1.165, 1.54) is 17.4 Å². The van der Waals surface area contributed by atoms with Crippen LogP contribution in [0.2, 0.25) is 0 Å². The van der Waals surface area contributed by atoms with E-state index in [9.17, 15) is 9.59 Å². The summed E-state index contributed by atoms with van der Waals surface area (Å²) in [6.45, 7) is 7.84. The summed E-state index contributed by atoms with van der Waals surface area (Å²) in [4.78, 5) is 31.3. The van der Waals surface area contributed by atoms with Crippen LogP contribution in [0.3, 0.4) is 0 Å². The molecule has 0 unspecified atom stereocenters. The minimum atomic E-state index is -0.459. The van der Waals surface area contributed by atoms with E-state index in [0.29, 0.717) is 17.7 Å². The fourth-order valence-corrected chi connectivity index (χ4v) is 3.53. The van der Waals surface area contributed by atoms with Crippen molar-refractivity contribution in [2.45, 2.75) is 26.8 Å². The van der Waals surface area contributed by atoms with Gasteiger partial charge in [0.2, 0.25) is 0 Å². The highest BCUT2D eigenvalue weighted by Crippen LogP contribution is 2.24. The van der Waals surface area contributed by atoms with Crippen LogP contribution in [0.5, 0.6) is 0 Å². The van der Waals surface area contributed by atoms with Crippen LogP contribution in [0.25, 0.3) is 0 Å². The van der Waals surface area contributed by atoms with Crippen molar-refractivity contribution in [1.29, 1.82) is 5.26 Å². The number of rotatable bonds is 2. The highest BCUT2D eigenvalue weighted by atomic mass is 16.2. The Morgan fingerprint density at radius 2 is 2.00 bits per heavy atom. The van der Waals surface area contributed by atoms with Crippen molar-refractivity contribution >= 4 is 11.6 Å². The lowest BCUT2D eigenvalue weighted by molar-refractivity contribution is 0.0673. The maximum atomic E-state index is 13.0. The zero-order chi connectivity index (χ0) is 18.8.